The summed E-state index contributed by atoms with van der Waals surface area (Å²) in [5.41, 5.74) is -2.81. The van der Waals surface area contributed by atoms with E-state index in [-0.39, 0.29) is 0 Å². The van der Waals surface area contributed by atoms with Crippen molar-refractivity contribution in [1.29, 1.82) is 0 Å². The zero-order valence-electron chi connectivity index (χ0n) is 7.85. The van der Waals surface area contributed by atoms with Crippen molar-refractivity contribution < 1.29 is 31.8 Å². The molecule has 0 amide bonds. The van der Waals surface area contributed by atoms with E-state index >= 15 is 0 Å². The lowest BCUT2D eigenvalue weighted by molar-refractivity contribution is -0.142. The molecule has 0 aliphatic rings. The highest BCUT2D eigenvalue weighted by molar-refractivity contribution is 5.47. The molecular formula is C8H6F5NO2. The molecule has 0 unspecified atom stereocenters. The first-order chi connectivity index (χ1) is 7.29. The molecule has 1 aromatic heterocycles. The third kappa shape index (κ3) is 2.15. The molecule has 8 heteroatoms. The molecule has 90 valence electrons. The predicted octanol–water partition coefficient (Wildman–Crippen LogP) is 2.75. The van der Waals surface area contributed by atoms with Gasteiger partial charge in [0.1, 0.15) is 11.3 Å². The molecule has 0 fully saturated rings. The lowest BCUT2D eigenvalue weighted by atomic mass is 10.2. The van der Waals surface area contributed by atoms with Crippen molar-refractivity contribution >= 4 is 0 Å². The monoisotopic (exact) mass is 243 g/mol. The van der Waals surface area contributed by atoms with Crippen LogP contribution in [0, 0.1) is 0 Å². The number of rotatable bonds is 2. The Morgan fingerprint density at radius 3 is 2.31 bits per heavy atom. The van der Waals surface area contributed by atoms with Gasteiger partial charge in [0.25, 0.3) is 6.43 Å². The standard InChI is InChI=1S/C8H6F5NO2/c1-16-5-4(7(9)10)3(15)2-14-6(5)8(11,12)13/h2,7,15H,1H3. The summed E-state index contributed by atoms with van der Waals surface area (Å²) < 4.78 is 66.1. The minimum atomic E-state index is -4.93. The van der Waals surface area contributed by atoms with Gasteiger partial charge in [-0.1, -0.05) is 0 Å². The lowest BCUT2D eigenvalue weighted by Gasteiger charge is -2.15. The van der Waals surface area contributed by atoms with Gasteiger partial charge in [0.05, 0.1) is 13.3 Å². The van der Waals surface area contributed by atoms with Crippen LogP contribution in [-0.2, 0) is 6.18 Å². The molecule has 0 bridgehead atoms. The van der Waals surface area contributed by atoms with E-state index in [1.54, 1.807) is 0 Å². The molecule has 0 saturated heterocycles. The van der Waals surface area contributed by atoms with Crippen LogP contribution in [0.1, 0.15) is 17.7 Å². The Labute approximate surface area is 86.5 Å². The molecule has 1 aromatic rings. The highest BCUT2D eigenvalue weighted by Crippen LogP contribution is 2.43. The highest BCUT2D eigenvalue weighted by atomic mass is 19.4. The van der Waals surface area contributed by atoms with E-state index in [0.29, 0.717) is 6.20 Å². The summed E-state index contributed by atoms with van der Waals surface area (Å²) in [6, 6.07) is 0. The Morgan fingerprint density at radius 1 is 1.38 bits per heavy atom. The lowest BCUT2D eigenvalue weighted by Crippen LogP contribution is -2.12. The van der Waals surface area contributed by atoms with Gasteiger partial charge in [-0.05, 0) is 0 Å². The van der Waals surface area contributed by atoms with Gasteiger partial charge >= 0.3 is 6.18 Å². The van der Waals surface area contributed by atoms with Crippen molar-refractivity contribution in [2.24, 2.45) is 0 Å². The van der Waals surface area contributed by atoms with E-state index < -0.39 is 35.4 Å². The predicted molar refractivity (Wildman–Crippen MR) is 42.4 cm³/mol. The first-order valence-corrected chi connectivity index (χ1v) is 3.90. The zero-order chi connectivity index (χ0) is 12.5. The van der Waals surface area contributed by atoms with Crippen LogP contribution in [0.15, 0.2) is 6.20 Å². The Kier molecular flexibility index (Phi) is 3.20. The molecule has 1 N–H and O–H groups in total. The number of aromatic nitrogens is 1. The summed E-state index contributed by atoms with van der Waals surface area (Å²) in [6.45, 7) is 0. The Hall–Kier alpha value is -1.60. The molecule has 1 rings (SSSR count). The largest absolute Gasteiger partial charge is 0.506 e. The minimum absolute atomic E-state index is 0.312. The summed E-state index contributed by atoms with van der Waals surface area (Å²) in [4.78, 5) is 2.83. The second kappa shape index (κ2) is 4.11. The smallest absolute Gasteiger partial charge is 0.437 e. The van der Waals surface area contributed by atoms with Crippen LogP contribution < -0.4 is 4.74 Å². The third-order valence-corrected chi connectivity index (χ3v) is 1.74. The number of halogens is 5. The highest BCUT2D eigenvalue weighted by Gasteiger charge is 2.39. The van der Waals surface area contributed by atoms with Crippen LogP contribution in [-0.4, -0.2) is 17.2 Å². The maximum Gasteiger partial charge on any atom is 0.437 e. The van der Waals surface area contributed by atoms with Crippen molar-refractivity contribution in [3.8, 4) is 11.5 Å². The molecule has 0 spiro atoms. The van der Waals surface area contributed by atoms with Crippen LogP contribution in [0.5, 0.6) is 11.5 Å². The fourth-order valence-corrected chi connectivity index (χ4v) is 1.12. The third-order valence-electron chi connectivity index (χ3n) is 1.74. The zero-order valence-corrected chi connectivity index (χ0v) is 7.85. The van der Waals surface area contributed by atoms with Gasteiger partial charge in [-0.3, -0.25) is 0 Å². The van der Waals surface area contributed by atoms with E-state index in [1.165, 1.54) is 0 Å². The number of nitrogens with zero attached hydrogens (tertiary/aromatic N) is 1. The Morgan fingerprint density at radius 2 is 1.94 bits per heavy atom. The molecule has 1 heterocycles. The molecular weight excluding hydrogens is 237 g/mol. The van der Waals surface area contributed by atoms with Gasteiger partial charge < -0.3 is 9.84 Å². The number of hydrogen-bond acceptors (Lipinski definition) is 3. The van der Waals surface area contributed by atoms with E-state index in [0.717, 1.165) is 7.11 Å². The average molecular weight is 243 g/mol. The van der Waals surface area contributed by atoms with Gasteiger partial charge in [0.15, 0.2) is 11.4 Å². The van der Waals surface area contributed by atoms with Crippen molar-refractivity contribution in [2.45, 2.75) is 12.6 Å². The molecule has 0 saturated carbocycles. The first kappa shape index (κ1) is 12.5. The van der Waals surface area contributed by atoms with Crippen LogP contribution in [0.3, 0.4) is 0 Å². The maximum absolute atomic E-state index is 12.4. The molecule has 0 radical (unpaired) electrons. The van der Waals surface area contributed by atoms with Gasteiger partial charge in [-0.15, -0.1) is 0 Å². The Balaban J connectivity index is 3.49. The van der Waals surface area contributed by atoms with Gasteiger partial charge in [0, 0.05) is 0 Å². The average Bonchev–Trinajstić information content (AvgIpc) is 2.14. The van der Waals surface area contributed by atoms with Crippen molar-refractivity contribution in [2.75, 3.05) is 7.11 Å². The van der Waals surface area contributed by atoms with Crippen molar-refractivity contribution in [1.82, 2.24) is 4.98 Å². The Bertz CT molecular complexity index is 391. The second-order valence-electron chi connectivity index (χ2n) is 2.74. The van der Waals surface area contributed by atoms with Crippen LogP contribution in [0.2, 0.25) is 0 Å². The molecule has 0 aliphatic heterocycles. The fraction of sp³-hybridized carbons (Fsp3) is 0.375. The summed E-state index contributed by atoms with van der Waals surface area (Å²) in [5.74, 6) is -2.21. The summed E-state index contributed by atoms with van der Waals surface area (Å²) in [7, 11) is 0.789. The fourth-order valence-electron chi connectivity index (χ4n) is 1.12. The van der Waals surface area contributed by atoms with E-state index in [1.807, 2.05) is 0 Å². The number of hydrogen-bond donors (Lipinski definition) is 1. The topological polar surface area (TPSA) is 42.4 Å². The molecule has 0 atom stereocenters. The van der Waals surface area contributed by atoms with Crippen LogP contribution >= 0.6 is 0 Å². The van der Waals surface area contributed by atoms with E-state index in [4.69, 9.17) is 5.11 Å². The molecule has 0 aliphatic carbocycles. The molecule has 3 nitrogen and oxygen atoms in total. The SMILES string of the molecule is COc1c(C(F)(F)F)ncc(O)c1C(F)F. The number of pyridine rings is 1. The number of methoxy groups -OCH3 is 1. The maximum atomic E-state index is 12.4. The normalized spacial score (nSPS) is 11.9. The summed E-state index contributed by atoms with van der Waals surface area (Å²) >= 11 is 0. The van der Waals surface area contributed by atoms with Gasteiger partial charge in [-0.2, -0.15) is 13.2 Å². The first-order valence-electron chi connectivity index (χ1n) is 3.90. The second-order valence-corrected chi connectivity index (χ2v) is 2.74. The summed E-state index contributed by atoms with van der Waals surface area (Å²) in [5, 5.41) is 8.99. The minimum Gasteiger partial charge on any atom is -0.506 e. The van der Waals surface area contributed by atoms with Gasteiger partial charge in [-0.25, -0.2) is 13.8 Å². The number of ether oxygens (including phenoxy) is 1. The van der Waals surface area contributed by atoms with Crippen LogP contribution in [0.25, 0.3) is 0 Å². The van der Waals surface area contributed by atoms with E-state index in [2.05, 4.69) is 9.72 Å². The van der Waals surface area contributed by atoms with Crippen molar-refractivity contribution in [3.05, 3.63) is 17.5 Å². The van der Waals surface area contributed by atoms with E-state index in [9.17, 15) is 22.0 Å². The quantitative estimate of drug-likeness (QED) is 0.812. The number of aromatic hydroxyl groups is 1. The molecule has 0 aromatic carbocycles. The van der Waals surface area contributed by atoms with Crippen molar-refractivity contribution in [3.63, 3.8) is 0 Å². The van der Waals surface area contributed by atoms with Gasteiger partial charge in [0.2, 0.25) is 0 Å². The van der Waals surface area contributed by atoms with Crippen LogP contribution in [0.4, 0.5) is 22.0 Å². The molecule has 16 heavy (non-hydrogen) atoms. The summed E-state index contributed by atoms with van der Waals surface area (Å²) in [6.07, 6.45) is -7.91. The number of alkyl halides is 5.